The number of nitrogens with one attached hydrogen (secondary N) is 3. The number of likely N-dealkylation sites (tertiary alicyclic amines) is 1. The van der Waals surface area contributed by atoms with E-state index in [4.69, 9.17) is 0 Å². The highest BCUT2D eigenvalue weighted by Gasteiger charge is 2.32. The van der Waals surface area contributed by atoms with Crippen LogP contribution in [0.1, 0.15) is 57.8 Å². The zero-order valence-corrected chi connectivity index (χ0v) is 32.4. The number of anilines is 3. The van der Waals surface area contributed by atoms with E-state index in [0.717, 1.165) is 70.9 Å². The van der Waals surface area contributed by atoms with E-state index >= 15 is 4.39 Å². The Morgan fingerprint density at radius 3 is 2.34 bits per heavy atom. The molecule has 1 aliphatic carbocycles. The maximum absolute atomic E-state index is 15.2. The molecule has 1 saturated carbocycles. The number of piperidine rings is 2. The van der Waals surface area contributed by atoms with Gasteiger partial charge in [0.2, 0.25) is 23.7 Å². The SMILES string of the molecule is O=C1CCC(Nc2ccc(N3CCN([C@H]4CC[C@H](CC(=O)N5CCC(Nc6ncc(F)c(-c7cccc(-n8ccccc8=O)c7)n6)CC5)CC4)CC3)c(F)c2)C(=O)N1. The molecule has 4 aromatic rings. The van der Waals surface area contributed by atoms with Gasteiger partial charge < -0.3 is 20.4 Å². The average molecular weight is 794 g/mol. The molecule has 3 saturated heterocycles. The number of pyridine rings is 1. The minimum Gasteiger partial charge on any atom is -0.374 e. The molecule has 304 valence electrons. The average Bonchev–Trinajstić information content (AvgIpc) is 3.23. The van der Waals surface area contributed by atoms with E-state index in [9.17, 15) is 23.6 Å². The number of halogens is 2. The van der Waals surface area contributed by atoms with E-state index < -0.39 is 11.9 Å². The van der Waals surface area contributed by atoms with Gasteiger partial charge in [0.1, 0.15) is 17.6 Å². The van der Waals surface area contributed by atoms with Crippen LogP contribution in [0.15, 0.2) is 77.9 Å². The summed E-state index contributed by atoms with van der Waals surface area (Å²) >= 11 is 0. The van der Waals surface area contributed by atoms with Crippen molar-refractivity contribution in [3.05, 3.63) is 95.0 Å². The second-order valence-electron chi connectivity index (χ2n) is 15.9. The number of carbonyl (C=O) groups excluding carboxylic acids is 3. The largest absolute Gasteiger partial charge is 0.374 e. The van der Waals surface area contributed by atoms with Gasteiger partial charge >= 0.3 is 0 Å². The lowest BCUT2D eigenvalue weighted by molar-refractivity contribution is -0.134. The first-order valence-electron chi connectivity index (χ1n) is 20.4. The van der Waals surface area contributed by atoms with Crippen LogP contribution in [-0.2, 0) is 14.4 Å². The smallest absolute Gasteiger partial charge is 0.255 e. The van der Waals surface area contributed by atoms with Crippen LogP contribution < -0.4 is 26.4 Å². The molecule has 0 bridgehead atoms. The predicted octanol–water partition coefficient (Wildman–Crippen LogP) is 4.96. The number of benzene rings is 2. The first-order chi connectivity index (χ1) is 28.2. The molecule has 58 heavy (non-hydrogen) atoms. The molecular formula is C43H49F2N9O4. The lowest BCUT2D eigenvalue weighted by atomic mass is 9.83. The quantitative estimate of drug-likeness (QED) is 0.189. The number of hydrogen-bond donors (Lipinski definition) is 3. The van der Waals surface area contributed by atoms with E-state index in [1.54, 1.807) is 54.7 Å². The maximum atomic E-state index is 15.2. The number of hydrogen-bond acceptors (Lipinski definition) is 10. The Morgan fingerprint density at radius 2 is 1.60 bits per heavy atom. The van der Waals surface area contributed by atoms with Crippen LogP contribution in [0.3, 0.4) is 0 Å². The summed E-state index contributed by atoms with van der Waals surface area (Å²) in [6.07, 6.45) is 9.62. The molecule has 0 spiro atoms. The van der Waals surface area contributed by atoms with Gasteiger partial charge in [-0.3, -0.25) is 34.0 Å². The second kappa shape index (κ2) is 17.4. The van der Waals surface area contributed by atoms with Crippen LogP contribution in [0.5, 0.6) is 0 Å². The monoisotopic (exact) mass is 793 g/mol. The van der Waals surface area contributed by atoms with Gasteiger partial charge in [-0.15, -0.1) is 0 Å². The first kappa shape index (κ1) is 39.1. The van der Waals surface area contributed by atoms with Gasteiger partial charge in [0.25, 0.3) is 5.56 Å². The highest BCUT2D eigenvalue weighted by Crippen LogP contribution is 2.33. The highest BCUT2D eigenvalue weighted by molar-refractivity contribution is 6.01. The van der Waals surface area contributed by atoms with Crippen LogP contribution >= 0.6 is 0 Å². The summed E-state index contributed by atoms with van der Waals surface area (Å²) in [4.78, 5) is 64.5. The van der Waals surface area contributed by atoms with Crippen molar-refractivity contribution in [2.45, 2.75) is 75.9 Å². The van der Waals surface area contributed by atoms with Gasteiger partial charge in [-0.1, -0.05) is 18.2 Å². The fourth-order valence-electron chi connectivity index (χ4n) is 8.84. The number of amides is 3. The number of rotatable bonds is 10. The number of carbonyl (C=O) groups is 3. The van der Waals surface area contributed by atoms with Crippen LogP contribution in [0.25, 0.3) is 16.9 Å². The topological polar surface area (TPSA) is 145 Å². The minimum atomic E-state index is -0.560. The Kier molecular flexibility index (Phi) is 11.8. The molecule has 5 heterocycles. The third-order valence-corrected chi connectivity index (χ3v) is 12.1. The summed E-state index contributed by atoms with van der Waals surface area (Å²) < 4.78 is 31.7. The molecule has 3 aliphatic heterocycles. The van der Waals surface area contributed by atoms with Crippen molar-refractivity contribution in [2.75, 3.05) is 54.8 Å². The Balaban J connectivity index is 0.760. The summed E-state index contributed by atoms with van der Waals surface area (Å²) in [5.41, 5.74) is 2.17. The normalized spacial score (nSPS) is 22.1. The molecule has 3 N–H and O–H groups in total. The number of aromatic nitrogens is 3. The van der Waals surface area contributed by atoms with E-state index in [2.05, 4.69) is 35.7 Å². The lowest BCUT2D eigenvalue weighted by Gasteiger charge is -2.43. The molecule has 1 atom stereocenters. The summed E-state index contributed by atoms with van der Waals surface area (Å²) in [7, 11) is 0. The predicted molar refractivity (Wildman–Crippen MR) is 217 cm³/mol. The number of imide groups is 1. The van der Waals surface area contributed by atoms with Crippen molar-refractivity contribution in [1.29, 1.82) is 0 Å². The van der Waals surface area contributed by atoms with Crippen molar-refractivity contribution < 1.29 is 23.2 Å². The van der Waals surface area contributed by atoms with Gasteiger partial charge in [0.05, 0.1) is 11.9 Å². The number of nitrogens with zero attached hydrogens (tertiary/aromatic N) is 6. The molecule has 13 nitrogen and oxygen atoms in total. The molecular weight excluding hydrogens is 745 g/mol. The molecule has 4 fully saturated rings. The fraction of sp³-hybridized carbons (Fsp3) is 0.442. The minimum absolute atomic E-state index is 0.0466. The van der Waals surface area contributed by atoms with Crippen molar-refractivity contribution in [1.82, 2.24) is 29.7 Å². The third kappa shape index (κ3) is 9.04. The van der Waals surface area contributed by atoms with Gasteiger partial charge in [-0.05, 0) is 87.3 Å². The number of piperazine rings is 1. The van der Waals surface area contributed by atoms with Crippen LogP contribution in [0.2, 0.25) is 0 Å². The maximum Gasteiger partial charge on any atom is 0.255 e. The van der Waals surface area contributed by atoms with Crippen LogP contribution in [0, 0.1) is 17.6 Å². The van der Waals surface area contributed by atoms with Crippen LogP contribution in [0.4, 0.5) is 26.1 Å². The Bertz CT molecular complexity index is 2190. The Hall–Kier alpha value is -5.70. The highest BCUT2D eigenvalue weighted by atomic mass is 19.1. The second-order valence-corrected chi connectivity index (χ2v) is 15.9. The van der Waals surface area contributed by atoms with Crippen molar-refractivity contribution >= 4 is 35.0 Å². The molecule has 4 aliphatic rings. The molecule has 2 aromatic carbocycles. The fourth-order valence-corrected chi connectivity index (χ4v) is 8.84. The first-order valence-corrected chi connectivity index (χ1v) is 20.4. The van der Waals surface area contributed by atoms with E-state index in [1.807, 2.05) is 4.90 Å². The van der Waals surface area contributed by atoms with Crippen LogP contribution in [-0.4, -0.2) is 99.5 Å². The van der Waals surface area contributed by atoms with Gasteiger partial charge in [-0.25, -0.2) is 18.7 Å². The third-order valence-electron chi connectivity index (χ3n) is 12.1. The van der Waals surface area contributed by atoms with Crippen molar-refractivity contribution in [2.24, 2.45) is 5.92 Å². The molecule has 8 rings (SSSR count). The zero-order chi connectivity index (χ0) is 40.2. The van der Waals surface area contributed by atoms with E-state index in [1.165, 1.54) is 16.7 Å². The molecule has 2 aromatic heterocycles. The summed E-state index contributed by atoms with van der Waals surface area (Å²) in [5.74, 6) is -0.672. The van der Waals surface area contributed by atoms with Gasteiger partial charge in [0, 0.05) is 93.4 Å². The molecule has 0 radical (unpaired) electrons. The van der Waals surface area contributed by atoms with Crippen molar-refractivity contribution in [3.63, 3.8) is 0 Å². The zero-order valence-electron chi connectivity index (χ0n) is 32.4. The summed E-state index contributed by atoms with van der Waals surface area (Å²) in [6, 6.07) is 16.9. The Morgan fingerprint density at radius 1 is 0.810 bits per heavy atom. The van der Waals surface area contributed by atoms with Gasteiger partial charge in [-0.2, -0.15) is 0 Å². The molecule has 15 heteroatoms. The van der Waals surface area contributed by atoms with E-state index in [0.29, 0.717) is 66.5 Å². The Labute approximate surface area is 335 Å². The van der Waals surface area contributed by atoms with Crippen molar-refractivity contribution in [3.8, 4) is 16.9 Å². The lowest BCUT2D eigenvalue weighted by Crippen LogP contribution is -2.51. The molecule has 1 unspecified atom stereocenters. The summed E-state index contributed by atoms with van der Waals surface area (Å²) in [6.45, 7) is 4.42. The van der Waals surface area contributed by atoms with Gasteiger partial charge in [0.15, 0.2) is 5.82 Å². The summed E-state index contributed by atoms with van der Waals surface area (Å²) in [5, 5.41) is 8.72. The standard InChI is InChI=1S/C43H49F2N9O4/c44-34-26-31(47-36-12-14-38(55)49-42(36)58)9-13-37(34)52-22-20-51(21-23-52)32-10-7-28(8-11-32)24-40(57)53-18-15-30(16-19-53)48-43-46-27-35(45)41(50-43)29-4-3-5-33(25-29)54-17-2-1-6-39(54)56/h1-6,9,13,17,25-28,30,32,36,47H,7-8,10-12,14-16,18-24H2,(H,46,48,50)(H,49,55,58)/t28-,32-,36?. The van der Waals surface area contributed by atoms with E-state index in [-0.39, 0.29) is 47.3 Å². The molecule has 3 amide bonds.